The Morgan fingerprint density at radius 3 is 2.80 bits per heavy atom. The normalized spacial score (nSPS) is 10.7. The molecule has 0 amide bonds. The predicted octanol–water partition coefficient (Wildman–Crippen LogP) is 3.73. The first kappa shape index (κ1) is 12.8. The maximum Gasteiger partial charge on any atom is 0.206 e. The molecule has 0 saturated carbocycles. The minimum atomic E-state index is 0.0547. The smallest absolute Gasteiger partial charge is 0.206 e. The van der Waals surface area contributed by atoms with Crippen molar-refractivity contribution in [3.8, 4) is 5.69 Å². The number of hydrogen-bond acceptors (Lipinski definition) is 3. The van der Waals surface area contributed by atoms with Crippen LogP contribution in [-0.4, -0.2) is 15.6 Å². The summed E-state index contributed by atoms with van der Waals surface area (Å²) < 4.78 is 1.73. The molecule has 3 nitrogen and oxygen atoms in total. The third-order valence-electron chi connectivity index (χ3n) is 3.20. The molecule has 2 aromatic heterocycles. The topological polar surface area (TPSA) is 34.9 Å². The number of benzene rings is 1. The third kappa shape index (κ3) is 2.30. The lowest BCUT2D eigenvalue weighted by molar-refractivity contribution is 0.104. The molecule has 4 heteroatoms. The fourth-order valence-corrected chi connectivity index (χ4v) is 3.06. The summed E-state index contributed by atoms with van der Waals surface area (Å²) in [6.45, 7) is 2.06. The van der Waals surface area contributed by atoms with E-state index in [0.29, 0.717) is 5.56 Å². The summed E-state index contributed by atoms with van der Waals surface area (Å²) >= 11 is 1.50. The molecule has 0 aliphatic rings. The van der Waals surface area contributed by atoms with Gasteiger partial charge in [-0.25, -0.2) is 4.68 Å². The number of ketones is 1. The maximum atomic E-state index is 12.5. The second kappa shape index (κ2) is 5.43. The lowest BCUT2D eigenvalue weighted by Crippen LogP contribution is -2.00. The summed E-state index contributed by atoms with van der Waals surface area (Å²) in [6.07, 6.45) is 4.29. The van der Waals surface area contributed by atoms with E-state index in [2.05, 4.69) is 12.0 Å². The Morgan fingerprint density at radius 2 is 2.05 bits per heavy atom. The van der Waals surface area contributed by atoms with Crippen LogP contribution in [-0.2, 0) is 6.42 Å². The molecule has 0 aliphatic heterocycles. The molecule has 0 N–H and O–H groups in total. The van der Waals surface area contributed by atoms with Crippen LogP contribution in [0.3, 0.4) is 0 Å². The van der Waals surface area contributed by atoms with Gasteiger partial charge in [0, 0.05) is 6.20 Å². The fourth-order valence-electron chi connectivity index (χ4n) is 2.11. The van der Waals surface area contributed by atoms with Crippen LogP contribution >= 0.6 is 11.3 Å². The number of carbonyl (C=O) groups excluding carboxylic acids is 1. The number of aromatic nitrogens is 2. The van der Waals surface area contributed by atoms with Crippen LogP contribution in [0.15, 0.2) is 54.2 Å². The Morgan fingerprint density at radius 1 is 1.25 bits per heavy atom. The van der Waals surface area contributed by atoms with Crippen LogP contribution in [0.25, 0.3) is 5.69 Å². The molecule has 0 spiro atoms. The molecule has 0 radical (unpaired) electrons. The Labute approximate surface area is 121 Å². The maximum absolute atomic E-state index is 12.5. The van der Waals surface area contributed by atoms with Gasteiger partial charge in [-0.15, -0.1) is 11.3 Å². The molecule has 1 aromatic carbocycles. The van der Waals surface area contributed by atoms with Crippen molar-refractivity contribution in [2.45, 2.75) is 13.3 Å². The zero-order valence-corrected chi connectivity index (χ0v) is 11.9. The Kier molecular flexibility index (Phi) is 3.48. The standard InChI is InChI=1S/C16H14N2OS/c1-2-12-8-9-20-16(12)15(19)13-10-17-18(11-13)14-6-4-3-5-7-14/h3-11H,2H2,1H3. The molecule has 3 aromatic rings. The highest BCUT2D eigenvalue weighted by atomic mass is 32.1. The van der Waals surface area contributed by atoms with E-state index in [1.165, 1.54) is 11.3 Å². The molecule has 3 rings (SSSR count). The van der Waals surface area contributed by atoms with Gasteiger partial charge in [-0.2, -0.15) is 5.10 Å². The summed E-state index contributed by atoms with van der Waals surface area (Å²) in [5, 5.41) is 6.24. The zero-order chi connectivity index (χ0) is 13.9. The number of carbonyl (C=O) groups is 1. The number of hydrogen-bond donors (Lipinski definition) is 0. The van der Waals surface area contributed by atoms with Crippen LogP contribution in [0.5, 0.6) is 0 Å². The summed E-state index contributed by atoms with van der Waals surface area (Å²) in [4.78, 5) is 13.3. The van der Waals surface area contributed by atoms with Gasteiger partial charge >= 0.3 is 0 Å². The van der Waals surface area contributed by atoms with Gasteiger partial charge in [-0.1, -0.05) is 25.1 Å². The van der Waals surface area contributed by atoms with E-state index < -0.39 is 0 Å². The predicted molar refractivity (Wildman–Crippen MR) is 80.7 cm³/mol. The molecule has 0 atom stereocenters. The van der Waals surface area contributed by atoms with Gasteiger partial charge in [0.05, 0.1) is 22.3 Å². The van der Waals surface area contributed by atoms with E-state index in [1.807, 2.05) is 41.8 Å². The van der Waals surface area contributed by atoms with Crippen LogP contribution in [0.1, 0.15) is 27.7 Å². The van der Waals surface area contributed by atoms with Crippen molar-refractivity contribution in [3.63, 3.8) is 0 Å². The van der Waals surface area contributed by atoms with Gasteiger partial charge in [0.25, 0.3) is 0 Å². The molecular formula is C16H14N2OS. The number of nitrogens with zero attached hydrogens (tertiary/aromatic N) is 2. The van der Waals surface area contributed by atoms with Crippen LogP contribution in [0.4, 0.5) is 0 Å². The lowest BCUT2D eigenvalue weighted by Gasteiger charge is -1.99. The van der Waals surface area contributed by atoms with E-state index >= 15 is 0 Å². The summed E-state index contributed by atoms with van der Waals surface area (Å²) in [5.41, 5.74) is 2.69. The zero-order valence-electron chi connectivity index (χ0n) is 11.1. The van der Waals surface area contributed by atoms with Crippen molar-refractivity contribution in [2.24, 2.45) is 0 Å². The number of para-hydroxylation sites is 1. The van der Waals surface area contributed by atoms with E-state index in [-0.39, 0.29) is 5.78 Å². The molecule has 20 heavy (non-hydrogen) atoms. The van der Waals surface area contributed by atoms with Crippen LogP contribution in [0, 0.1) is 0 Å². The molecule has 0 bridgehead atoms. The van der Waals surface area contributed by atoms with Crippen LogP contribution in [0.2, 0.25) is 0 Å². The summed E-state index contributed by atoms with van der Waals surface area (Å²) in [6, 6.07) is 11.8. The molecule has 0 saturated heterocycles. The van der Waals surface area contributed by atoms with Crippen LogP contribution < -0.4 is 0 Å². The van der Waals surface area contributed by atoms with Crippen molar-refractivity contribution in [1.82, 2.24) is 9.78 Å². The van der Waals surface area contributed by atoms with Crippen molar-refractivity contribution in [2.75, 3.05) is 0 Å². The van der Waals surface area contributed by atoms with E-state index in [0.717, 1.165) is 22.5 Å². The molecular weight excluding hydrogens is 268 g/mol. The van der Waals surface area contributed by atoms with Gasteiger partial charge in [0.1, 0.15) is 0 Å². The largest absolute Gasteiger partial charge is 0.288 e. The number of rotatable bonds is 4. The highest BCUT2D eigenvalue weighted by molar-refractivity contribution is 7.12. The minimum absolute atomic E-state index is 0.0547. The third-order valence-corrected chi connectivity index (χ3v) is 4.15. The van der Waals surface area contributed by atoms with Gasteiger partial charge in [-0.05, 0) is 35.6 Å². The first-order valence-electron chi connectivity index (χ1n) is 6.50. The summed E-state index contributed by atoms with van der Waals surface area (Å²) in [5.74, 6) is 0.0547. The average molecular weight is 282 g/mol. The second-order valence-corrected chi connectivity index (χ2v) is 5.38. The first-order valence-corrected chi connectivity index (χ1v) is 7.38. The Balaban J connectivity index is 1.93. The fraction of sp³-hybridized carbons (Fsp3) is 0.125. The number of thiophene rings is 1. The minimum Gasteiger partial charge on any atom is -0.288 e. The van der Waals surface area contributed by atoms with E-state index in [9.17, 15) is 4.79 Å². The highest BCUT2D eigenvalue weighted by Crippen LogP contribution is 2.21. The van der Waals surface area contributed by atoms with Gasteiger partial charge in [-0.3, -0.25) is 4.79 Å². The van der Waals surface area contributed by atoms with Crippen molar-refractivity contribution in [3.05, 3.63) is 70.2 Å². The second-order valence-electron chi connectivity index (χ2n) is 4.47. The number of aryl methyl sites for hydroxylation is 1. The van der Waals surface area contributed by atoms with Gasteiger partial charge in [0.2, 0.25) is 5.78 Å². The van der Waals surface area contributed by atoms with Crippen molar-refractivity contribution in [1.29, 1.82) is 0 Å². The van der Waals surface area contributed by atoms with E-state index in [4.69, 9.17) is 0 Å². The Bertz CT molecular complexity index is 728. The Hall–Kier alpha value is -2.20. The molecule has 100 valence electrons. The van der Waals surface area contributed by atoms with Gasteiger partial charge < -0.3 is 0 Å². The molecule has 0 aliphatic carbocycles. The van der Waals surface area contributed by atoms with Crippen molar-refractivity contribution < 1.29 is 4.79 Å². The first-order chi connectivity index (χ1) is 9.79. The lowest BCUT2D eigenvalue weighted by atomic mass is 10.1. The molecule has 2 heterocycles. The molecule has 0 fully saturated rings. The highest BCUT2D eigenvalue weighted by Gasteiger charge is 2.16. The average Bonchev–Trinajstić information content (AvgIpc) is 3.16. The van der Waals surface area contributed by atoms with E-state index in [1.54, 1.807) is 17.1 Å². The SMILES string of the molecule is CCc1ccsc1C(=O)c1cnn(-c2ccccc2)c1. The molecule has 0 unspecified atom stereocenters. The quantitative estimate of drug-likeness (QED) is 0.683. The summed E-state index contributed by atoms with van der Waals surface area (Å²) in [7, 11) is 0. The van der Waals surface area contributed by atoms with Gasteiger partial charge in [0.15, 0.2) is 0 Å². The monoisotopic (exact) mass is 282 g/mol. The van der Waals surface area contributed by atoms with Crippen molar-refractivity contribution >= 4 is 17.1 Å².